The van der Waals surface area contributed by atoms with Crippen LogP contribution in [0.2, 0.25) is 5.02 Å². The van der Waals surface area contributed by atoms with Gasteiger partial charge in [-0.25, -0.2) is 0 Å². The Bertz CT molecular complexity index is 437. The molecule has 0 saturated carbocycles. The quantitative estimate of drug-likeness (QED) is 0.871. The molecule has 1 aromatic carbocycles. The summed E-state index contributed by atoms with van der Waals surface area (Å²) < 4.78 is 0. The van der Waals surface area contributed by atoms with Gasteiger partial charge in [-0.05, 0) is 63.2 Å². The minimum Gasteiger partial charge on any atom is -0.325 e. The predicted molar refractivity (Wildman–Crippen MR) is 90.4 cm³/mol. The fourth-order valence-corrected chi connectivity index (χ4v) is 2.81. The Morgan fingerprint density at radius 1 is 1.38 bits per heavy atom. The van der Waals surface area contributed by atoms with Crippen molar-refractivity contribution in [1.29, 1.82) is 0 Å². The number of hydrogen-bond donors (Lipinski definition) is 2. The highest BCUT2D eigenvalue weighted by Gasteiger charge is 2.20. The minimum atomic E-state index is 0. The average molecular weight is 332 g/mol. The molecule has 1 fully saturated rings. The van der Waals surface area contributed by atoms with Crippen molar-refractivity contribution >= 4 is 35.6 Å². The summed E-state index contributed by atoms with van der Waals surface area (Å²) in [5.74, 6) is 0.689. The van der Waals surface area contributed by atoms with Crippen LogP contribution in [0.1, 0.15) is 12.8 Å². The van der Waals surface area contributed by atoms with Gasteiger partial charge in [0, 0.05) is 17.3 Å². The number of rotatable bonds is 5. The molecule has 0 aliphatic carbocycles. The topological polar surface area (TPSA) is 44.4 Å². The molecule has 1 heterocycles. The van der Waals surface area contributed by atoms with Crippen LogP contribution in [0.4, 0.5) is 5.69 Å². The third-order valence-electron chi connectivity index (χ3n) is 3.59. The summed E-state index contributed by atoms with van der Waals surface area (Å²) in [7, 11) is 1.98. The van der Waals surface area contributed by atoms with E-state index in [1.165, 1.54) is 12.8 Å². The first-order chi connectivity index (χ1) is 9.67. The number of benzene rings is 1. The van der Waals surface area contributed by atoms with Crippen LogP contribution in [0.3, 0.4) is 0 Å². The Morgan fingerprint density at radius 3 is 2.76 bits per heavy atom. The van der Waals surface area contributed by atoms with Gasteiger partial charge in [0.2, 0.25) is 5.91 Å². The van der Waals surface area contributed by atoms with Gasteiger partial charge in [-0.1, -0.05) is 11.6 Å². The van der Waals surface area contributed by atoms with Gasteiger partial charge in [-0.15, -0.1) is 12.4 Å². The highest BCUT2D eigenvalue weighted by Crippen LogP contribution is 2.16. The zero-order chi connectivity index (χ0) is 14.4. The Labute approximate surface area is 137 Å². The molecule has 2 N–H and O–H groups in total. The molecule has 0 aromatic heterocycles. The van der Waals surface area contributed by atoms with Crippen molar-refractivity contribution in [3.63, 3.8) is 0 Å². The third-order valence-corrected chi connectivity index (χ3v) is 3.84. The van der Waals surface area contributed by atoms with E-state index >= 15 is 0 Å². The van der Waals surface area contributed by atoms with Crippen molar-refractivity contribution in [3.8, 4) is 0 Å². The maximum absolute atomic E-state index is 12.0. The molecule has 1 amide bonds. The number of anilines is 1. The molecule has 2 rings (SSSR count). The normalized spacial score (nSPS) is 18.9. The zero-order valence-electron chi connectivity index (χ0n) is 12.3. The predicted octanol–water partition coefficient (Wildman–Crippen LogP) is 2.63. The van der Waals surface area contributed by atoms with Crippen LogP contribution in [0, 0.1) is 5.92 Å². The Morgan fingerprint density at radius 2 is 2.10 bits per heavy atom. The molecule has 0 bridgehead atoms. The molecular weight excluding hydrogens is 309 g/mol. The summed E-state index contributed by atoms with van der Waals surface area (Å²) in [5, 5.41) is 6.80. The van der Waals surface area contributed by atoms with Gasteiger partial charge in [0.15, 0.2) is 0 Å². The van der Waals surface area contributed by atoms with Crippen molar-refractivity contribution in [2.24, 2.45) is 5.92 Å². The van der Waals surface area contributed by atoms with Crippen molar-refractivity contribution < 1.29 is 4.79 Å². The molecule has 1 aromatic rings. The Balaban J connectivity index is 0.00000220. The molecule has 118 valence electrons. The zero-order valence-corrected chi connectivity index (χ0v) is 13.8. The lowest BCUT2D eigenvalue weighted by Crippen LogP contribution is -2.42. The van der Waals surface area contributed by atoms with Gasteiger partial charge in [-0.3, -0.25) is 9.69 Å². The second-order valence-corrected chi connectivity index (χ2v) is 5.79. The average Bonchev–Trinajstić information content (AvgIpc) is 2.42. The van der Waals surface area contributed by atoms with Crippen LogP contribution >= 0.6 is 24.0 Å². The fourth-order valence-electron chi connectivity index (χ4n) is 2.69. The first-order valence-corrected chi connectivity index (χ1v) is 7.47. The number of carbonyl (C=O) groups is 1. The highest BCUT2D eigenvalue weighted by atomic mass is 35.5. The molecule has 1 aliphatic rings. The standard InChI is InChI=1S/C15H22ClN3O.ClH/c1-17-9-12-3-2-8-19(10-12)11-15(20)18-14-6-4-13(16)5-7-14;/h4-7,12,17H,2-3,8-11H2,1H3,(H,18,20);1H. The van der Waals surface area contributed by atoms with Crippen molar-refractivity contribution in [2.45, 2.75) is 12.8 Å². The van der Waals surface area contributed by atoms with Crippen LogP contribution in [0.15, 0.2) is 24.3 Å². The van der Waals surface area contributed by atoms with Crippen molar-refractivity contribution in [3.05, 3.63) is 29.3 Å². The molecule has 0 radical (unpaired) electrons. The number of carbonyl (C=O) groups excluding carboxylic acids is 1. The van der Waals surface area contributed by atoms with E-state index in [0.717, 1.165) is 25.3 Å². The van der Waals surface area contributed by atoms with E-state index in [-0.39, 0.29) is 18.3 Å². The summed E-state index contributed by atoms with van der Waals surface area (Å²) in [6.45, 7) is 3.49. The summed E-state index contributed by atoms with van der Waals surface area (Å²) >= 11 is 5.82. The molecule has 1 saturated heterocycles. The number of halogens is 2. The first-order valence-electron chi connectivity index (χ1n) is 7.10. The maximum atomic E-state index is 12.0. The van der Waals surface area contributed by atoms with Gasteiger partial charge in [0.05, 0.1) is 6.54 Å². The van der Waals surface area contributed by atoms with E-state index in [1.807, 2.05) is 19.2 Å². The minimum absolute atomic E-state index is 0. The van der Waals surface area contributed by atoms with Crippen LogP contribution in [0.25, 0.3) is 0 Å². The van der Waals surface area contributed by atoms with Crippen LogP contribution in [-0.4, -0.2) is 44.0 Å². The molecular formula is C15H23Cl2N3O. The van der Waals surface area contributed by atoms with Crippen molar-refractivity contribution in [1.82, 2.24) is 10.2 Å². The van der Waals surface area contributed by atoms with Gasteiger partial charge in [0.25, 0.3) is 0 Å². The van der Waals surface area contributed by atoms with Crippen LogP contribution < -0.4 is 10.6 Å². The molecule has 0 spiro atoms. The number of hydrogen-bond acceptors (Lipinski definition) is 3. The van der Waals surface area contributed by atoms with E-state index in [0.29, 0.717) is 17.5 Å². The molecule has 1 atom stereocenters. The number of likely N-dealkylation sites (tertiary alicyclic amines) is 1. The number of nitrogens with one attached hydrogen (secondary N) is 2. The molecule has 4 nitrogen and oxygen atoms in total. The van der Waals surface area contributed by atoms with Crippen LogP contribution in [-0.2, 0) is 4.79 Å². The highest BCUT2D eigenvalue weighted by molar-refractivity contribution is 6.30. The lowest BCUT2D eigenvalue weighted by atomic mass is 9.98. The third kappa shape index (κ3) is 6.22. The van der Waals surface area contributed by atoms with Crippen molar-refractivity contribution in [2.75, 3.05) is 38.5 Å². The van der Waals surface area contributed by atoms with E-state index in [4.69, 9.17) is 11.6 Å². The summed E-state index contributed by atoms with van der Waals surface area (Å²) in [6.07, 6.45) is 2.41. The van der Waals surface area contributed by atoms with Gasteiger partial charge < -0.3 is 10.6 Å². The van der Waals surface area contributed by atoms with Crippen LogP contribution in [0.5, 0.6) is 0 Å². The number of nitrogens with zero attached hydrogens (tertiary/aromatic N) is 1. The van der Waals surface area contributed by atoms with E-state index < -0.39 is 0 Å². The van der Waals surface area contributed by atoms with Gasteiger partial charge in [0.1, 0.15) is 0 Å². The van der Waals surface area contributed by atoms with E-state index in [9.17, 15) is 4.79 Å². The number of piperidine rings is 1. The summed E-state index contributed by atoms with van der Waals surface area (Å²) in [4.78, 5) is 14.3. The Kier molecular flexibility index (Phi) is 8.04. The first kappa shape index (κ1) is 18.2. The molecule has 1 aliphatic heterocycles. The number of amides is 1. The fraction of sp³-hybridized carbons (Fsp3) is 0.533. The smallest absolute Gasteiger partial charge is 0.238 e. The maximum Gasteiger partial charge on any atom is 0.238 e. The largest absolute Gasteiger partial charge is 0.325 e. The van der Waals surface area contributed by atoms with E-state index in [1.54, 1.807) is 12.1 Å². The lowest BCUT2D eigenvalue weighted by Gasteiger charge is -2.32. The molecule has 21 heavy (non-hydrogen) atoms. The summed E-state index contributed by atoms with van der Waals surface area (Å²) in [6, 6.07) is 7.20. The Hall–Kier alpha value is -0.810. The SMILES string of the molecule is CNCC1CCCN(CC(=O)Nc2ccc(Cl)cc2)C1.Cl. The summed E-state index contributed by atoms with van der Waals surface area (Å²) in [5.41, 5.74) is 0.795. The molecule has 6 heteroatoms. The lowest BCUT2D eigenvalue weighted by molar-refractivity contribution is -0.117. The second kappa shape index (κ2) is 9.26. The second-order valence-electron chi connectivity index (χ2n) is 5.36. The van der Waals surface area contributed by atoms with Gasteiger partial charge in [-0.2, -0.15) is 0 Å². The van der Waals surface area contributed by atoms with Gasteiger partial charge >= 0.3 is 0 Å². The van der Waals surface area contributed by atoms with E-state index in [2.05, 4.69) is 15.5 Å². The molecule has 1 unspecified atom stereocenters. The monoisotopic (exact) mass is 331 g/mol.